The van der Waals surface area contributed by atoms with Gasteiger partial charge in [0.15, 0.2) is 5.13 Å². The molecule has 0 aliphatic carbocycles. The molecule has 0 spiro atoms. The van der Waals surface area contributed by atoms with Gasteiger partial charge >= 0.3 is 0 Å². The van der Waals surface area contributed by atoms with E-state index in [1.807, 2.05) is 18.2 Å². The molecule has 1 saturated heterocycles. The van der Waals surface area contributed by atoms with Crippen LogP contribution in [0.15, 0.2) is 46.0 Å². The Labute approximate surface area is 155 Å². The van der Waals surface area contributed by atoms with Gasteiger partial charge in [-0.3, -0.25) is 0 Å². The lowest BCUT2D eigenvalue weighted by Gasteiger charge is -2.31. The van der Waals surface area contributed by atoms with E-state index in [1.54, 1.807) is 28.8 Å². The zero-order valence-electron chi connectivity index (χ0n) is 13.6. The number of thiophene rings is 1. The molecule has 1 aliphatic rings. The molecular formula is C17H19N3O2S3. The summed E-state index contributed by atoms with van der Waals surface area (Å²) in [7, 11) is -3.35. The summed E-state index contributed by atoms with van der Waals surface area (Å²) in [4.78, 5) is 7.03. The van der Waals surface area contributed by atoms with Crippen LogP contribution in [0.5, 0.6) is 0 Å². The largest absolute Gasteiger partial charge is 0.348 e. The third-order valence-electron chi connectivity index (χ3n) is 4.49. The number of fused-ring (bicyclic) bond motifs is 1. The molecule has 25 heavy (non-hydrogen) atoms. The van der Waals surface area contributed by atoms with E-state index in [0.29, 0.717) is 16.7 Å². The molecule has 3 aromatic rings. The molecule has 132 valence electrons. The number of nitrogens with zero attached hydrogens (tertiary/aromatic N) is 2. The van der Waals surface area contributed by atoms with E-state index in [-0.39, 0.29) is 0 Å². The summed E-state index contributed by atoms with van der Waals surface area (Å²) in [6, 6.07) is 11.6. The highest BCUT2D eigenvalue weighted by Gasteiger charge is 2.23. The van der Waals surface area contributed by atoms with Gasteiger partial charge in [-0.05, 0) is 42.3 Å². The van der Waals surface area contributed by atoms with Crippen molar-refractivity contribution < 1.29 is 8.42 Å². The number of thiazole rings is 1. The zero-order chi connectivity index (χ0) is 17.3. The van der Waals surface area contributed by atoms with Crippen LogP contribution in [-0.4, -0.2) is 33.0 Å². The van der Waals surface area contributed by atoms with Crippen LogP contribution in [0.2, 0.25) is 0 Å². The van der Waals surface area contributed by atoms with Gasteiger partial charge in [-0.1, -0.05) is 29.5 Å². The average molecular weight is 394 g/mol. The first-order valence-electron chi connectivity index (χ1n) is 8.25. The van der Waals surface area contributed by atoms with Crippen LogP contribution >= 0.6 is 22.7 Å². The van der Waals surface area contributed by atoms with Gasteiger partial charge in [-0.2, -0.15) is 0 Å². The van der Waals surface area contributed by atoms with E-state index >= 15 is 0 Å². The van der Waals surface area contributed by atoms with Crippen LogP contribution in [0.4, 0.5) is 5.13 Å². The second-order valence-electron chi connectivity index (χ2n) is 6.18. The van der Waals surface area contributed by atoms with E-state index < -0.39 is 10.0 Å². The maximum Gasteiger partial charge on any atom is 0.250 e. The van der Waals surface area contributed by atoms with Crippen molar-refractivity contribution in [2.45, 2.75) is 17.1 Å². The number of hydrogen-bond acceptors (Lipinski definition) is 6. The number of nitrogens with one attached hydrogen (secondary N) is 1. The molecule has 3 heterocycles. The highest BCUT2D eigenvalue weighted by Crippen LogP contribution is 2.31. The van der Waals surface area contributed by atoms with Crippen molar-refractivity contribution in [1.82, 2.24) is 9.71 Å². The van der Waals surface area contributed by atoms with Gasteiger partial charge in [-0.25, -0.2) is 18.1 Å². The minimum absolute atomic E-state index is 0.375. The van der Waals surface area contributed by atoms with Crippen molar-refractivity contribution in [2.24, 2.45) is 5.92 Å². The van der Waals surface area contributed by atoms with Crippen molar-refractivity contribution >= 4 is 48.0 Å². The predicted octanol–water partition coefficient (Wildman–Crippen LogP) is 3.55. The molecule has 0 bridgehead atoms. The normalized spacial score (nSPS) is 16.6. The summed E-state index contributed by atoms with van der Waals surface area (Å²) < 4.78 is 28.8. The Morgan fingerprint density at radius 1 is 1.16 bits per heavy atom. The Balaban J connectivity index is 1.34. The molecule has 8 heteroatoms. The molecule has 0 atom stereocenters. The molecular weight excluding hydrogens is 374 g/mol. The van der Waals surface area contributed by atoms with Crippen LogP contribution in [0.1, 0.15) is 12.8 Å². The lowest BCUT2D eigenvalue weighted by Crippen LogP contribution is -2.38. The Hall–Kier alpha value is -1.48. The smallest absolute Gasteiger partial charge is 0.250 e. The molecule has 0 amide bonds. The van der Waals surface area contributed by atoms with Crippen molar-refractivity contribution in [3.63, 3.8) is 0 Å². The molecule has 1 fully saturated rings. The SMILES string of the molecule is O=S(=O)(NCC1CCN(c2nc3ccccc3s2)CC1)c1cccs1. The first-order chi connectivity index (χ1) is 12.1. The fraction of sp³-hybridized carbons (Fsp3) is 0.353. The Kier molecular flexibility index (Phi) is 4.77. The van der Waals surface area contributed by atoms with Crippen molar-refractivity contribution in [3.05, 3.63) is 41.8 Å². The number of piperidine rings is 1. The highest BCUT2D eigenvalue weighted by atomic mass is 32.2. The molecule has 5 nitrogen and oxygen atoms in total. The highest BCUT2D eigenvalue weighted by molar-refractivity contribution is 7.91. The van der Waals surface area contributed by atoms with E-state index in [4.69, 9.17) is 4.98 Å². The van der Waals surface area contributed by atoms with E-state index in [0.717, 1.165) is 36.6 Å². The topological polar surface area (TPSA) is 62.3 Å². The Morgan fingerprint density at radius 2 is 1.96 bits per heavy atom. The fourth-order valence-corrected chi connectivity index (χ4v) is 6.21. The van der Waals surface area contributed by atoms with Gasteiger partial charge in [-0.15, -0.1) is 11.3 Å². The summed E-state index contributed by atoms with van der Waals surface area (Å²) in [6.45, 7) is 2.35. The quantitative estimate of drug-likeness (QED) is 0.720. The Morgan fingerprint density at radius 3 is 2.68 bits per heavy atom. The monoisotopic (exact) mass is 393 g/mol. The molecule has 4 rings (SSSR count). The van der Waals surface area contributed by atoms with Crippen molar-refractivity contribution in [3.8, 4) is 0 Å². The minimum Gasteiger partial charge on any atom is -0.348 e. The number of anilines is 1. The maximum absolute atomic E-state index is 12.2. The van der Waals surface area contributed by atoms with E-state index in [9.17, 15) is 8.42 Å². The predicted molar refractivity (Wildman–Crippen MR) is 104 cm³/mol. The van der Waals surface area contributed by atoms with Gasteiger partial charge in [0.2, 0.25) is 10.0 Å². The van der Waals surface area contributed by atoms with Crippen LogP contribution in [-0.2, 0) is 10.0 Å². The minimum atomic E-state index is -3.35. The van der Waals surface area contributed by atoms with Crippen LogP contribution in [0, 0.1) is 5.92 Å². The van der Waals surface area contributed by atoms with Gasteiger partial charge in [0.05, 0.1) is 10.2 Å². The molecule has 1 N–H and O–H groups in total. The number of aromatic nitrogens is 1. The molecule has 2 aromatic heterocycles. The van der Waals surface area contributed by atoms with E-state index in [1.165, 1.54) is 16.0 Å². The first kappa shape index (κ1) is 17.0. The lowest BCUT2D eigenvalue weighted by molar-refractivity contribution is 0.402. The van der Waals surface area contributed by atoms with E-state index in [2.05, 4.69) is 15.7 Å². The number of rotatable bonds is 5. The van der Waals surface area contributed by atoms with Gasteiger partial charge in [0, 0.05) is 19.6 Å². The summed E-state index contributed by atoms with van der Waals surface area (Å²) in [5, 5.41) is 2.85. The van der Waals surface area contributed by atoms with Crippen molar-refractivity contribution in [2.75, 3.05) is 24.5 Å². The molecule has 1 aliphatic heterocycles. The summed E-state index contributed by atoms with van der Waals surface area (Å²) in [6.07, 6.45) is 1.95. The molecule has 0 radical (unpaired) electrons. The summed E-state index contributed by atoms with van der Waals surface area (Å²) in [5.41, 5.74) is 1.05. The van der Waals surface area contributed by atoms with Crippen LogP contribution in [0.25, 0.3) is 10.2 Å². The fourth-order valence-electron chi connectivity index (χ4n) is 3.04. The van der Waals surface area contributed by atoms with Crippen molar-refractivity contribution in [1.29, 1.82) is 0 Å². The zero-order valence-corrected chi connectivity index (χ0v) is 16.0. The second kappa shape index (κ2) is 7.03. The number of benzene rings is 1. The van der Waals surface area contributed by atoms with Gasteiger partial charge in [0.25, 0.3) is 0 Å². The second-order valence-corrected chi connectivity index (χ2v) is 10.1. The third kappa shape index (κ3) is 3.72. The molecule has 1 aromatic carbocycles. The number of sulfonamides is 1. The average Bonchev–Trinajstić information content (AvgIpc) is 3.30. The Bertz CT molecular complexity index is 910. The third-order valence-corrected chi connectivity index (χ3v) is 8.41. The molecule has 0 saturated carbocycles. The number of hydrogen-bond donors (Lipinski definition) is 1. The van der Waals surface area contributed by atoms with Gasteiger partial charge < -0.3 is 4.90 Å². The maximum atomic E-state index is 12.2. The first-order valence-corrected chi connectivity index (χ1v) is 11.4. The number of para-hydroxylation sites is 1. The molecule has 0 unspecified atom stereocenters. The van der Waals surface area contributed by atoms with Crippen LogP contribution < -0.4 is 9.62 Å². The van der Waals surface area contributed by atoms with Gasteiger partial charge in [0.1, 0.15) is 4.21 Å². The standard InChI is InChI=1S/C17H19N3O2S3/c21-25(22,16-6-3-11-23-16)18-12-13-7-9-20(10-8-13)17-19-14-4-1-2-5-15(14)24-17/h1-6,11,13,18H,7-10,12H2. The summed E-state index contributed by atoms with van der Waals surface area (Å²) in [5.74, 6) is 0.375. The van der Waals surface area contributed by atoms with Crippen LogP contribution in [0.3, 0.4) is 0 Å². The summed E-state index contributed by atoms with van der Waals surface area (Å²) >= 11 is 2.98. The lowest BCUT2D eigenvalue weighted by atomic mass is 9.97.